The van der Waals surface area contributed by atoms with Gasteiger partial charge >= 0.3 is 18.0 Å². The summed E-state index contributed by atoms with van der Waals surface area (Å²) in [6, 6.07) is 16.2. The maximum Gasteiger partial charge on any atom is 0.357 e. The van der Waals surface area contributed by atoms with E-state index >= 15 is 0 Å². The maximum absolute atomic E-state index is 12.8. The van der Waals surface area contributed by atoms with E-state index in [4.69, 9.17) is 4.74 Å². The number of hydrogen-bond acceptors (Lipinski definition) is 6. The van der Waals surface area contributed by atoms with Gasteiger partial charge in [0.05, 0.1) is 6.61 Å². The van der Waals surface area contributed by atoms with E-state index < -0.39 is 18.0 Å². The number of para-hydroxylation sites is 2. The fourth-order valence-corrected chi connectivity index (χ4v) is 3.09. The van der Waals surface area contributed by atoms with Gasteiger partial charge in [0.1, 0.15) is 0 Å². The van der Waals surface area contributed by atoms with Gasteiger partial charge in [-0.2, -0.15) is 5.01 Å². The summed E-state index contributed by atoms with van der Waals surface area (Å²) in [4.78, 5) is 41.3. The van der Waals surface area contributed by atoms with E-state index in [0.717, 1.165) is 16.3 Å². The number of amides is 4. The topological polar surface area (TPSA) is 113 Å². The van der Waals surface area contributed by atoms with E-state index in [0.29, 0.717) is 11.4 Å². The fraction of sp³-hybridized carbons (Fsp3) is 0.100. The molecule has 0 radical (unpaired) electrons. The number of hydrazine groups is 1. The molecule has 10 heteroatoms. The molecule has 4 amide bonds. The van der Waals surface area contributed by atoms with Crippen molar-refractivity contribution in [3.63, 3.8) is 0 Å². The molecule has 0 atom stereocenters. The molecule has 3 N–H and O–H groups in total. The predicted octanol–water partition coefficient (Wildman–Crippen LogP) is 4.10. The highest BCUT2D eigenvalue weighted by Crippen LogP contribution is 2.21. The fourth-order valence-electron chi connectivity index (χ4n) is 2.33. The van der Waals surface area contributed by atoms with Crippen molar-refractivity contribution in [2.75, 3.05) is 22.2 Å². The molecule has 9 nitrogen and oxygen atoms in total. The molecule has 0 aliphatic carbocycles. The van der Waals surface area contributed by atoms with Crippen LogP contribution in [-0.2, 0) is 4.74 Å². The van der Waals surface area contributed by atoms with Gasteiger partial charge in [-0.3, -0.25) is 0 Å². The number of hydrogen-bond donors (Lipinski definition) is 3. The summed E-state index contributed by atoms with van der Waals surface area (Å²) in [5, 5.41) is 7.77. The zero-order valence-electron chi connectivity index (χ0n) is 16.0. The van der Waals surface area contributed by atoms with Gasteiger partial charge in [-0.1, -0.05) is 36.4 Å². The molecule has 0 saturated heterocycles. The smallest absolute Gasteiger partial charge is 0.357 e. The third kappa shape index (κ3) is 5.55. The normalized spacial score (nSPS) is 10.0. The van der Waals surface area contributed by atoms with Crippen molar-refractivity contribution in [3.05, 3.63) is 71.7 Å². The molecule has 1 heterocycles. The summed E-state index contributed by atoms with van der Waals surface area (Å²) < 4.78 is 4.92. The third-order valence-electron chi connectivity index (χ3n) is 3.64. The van der Waals surface area contributed by atoms with Gasteiger partial charge in [0.2, 0.25) is 5.13 Å². The van der Waals surface area contributed by atoms with Crippen LogP contribution >= 0.6 is 11.3 Å². The van der Waals surface area contributed by atoms with Crippen molar-refractivity contribution < 1.29 is 19.1 Å². The lowest BCUT2D eigenvalue weighted by Crippen LogP contribution is -2.50. The average molecular weight is 425 g/mol. The van der Waals surface area contributed by atoms with Gasteiger partial charge in [-0.15, -0.1) is 11.3 Å². The molecule has 3 aromatic rings. The Morgan fingerprint density at radius 2 is 1.57 bits per heavy atom. The molecule has 30 heavy (non-hydrogen) atoms. The highest BCUT2D eigenvalue weighted by molar-refractivity contribution is 7.14. The highest BCUT2D eigenvalue weighted by Gasteiger charge is 2.24. The lowest BCUT2D eigenvalue weighted by atomic mass is 10.3. The van der Waals surface area contributed by atoms with Crippen LogP contribution in [0.25, 0.3) is 0 Å². The molecular formula is C20H19N5O4S. The van der Waals surface area contributed by atoms with Crippen molar-refractivity contribution in [1.29, 1.82) is 0 Å². The summed E-state index contributed by atoms with van der Waals surface area (Å²) in [5.74, 6) is -0.614. The van der Waals surface area contributed by atoms with Gasteiger partial charge in [0.25, 0.3) is 0 Å². The van der Waals surface area contributed by atoms with E-state index in [1.165, 1.54) is 5.38 Å². The molecule has 3 rings (SSSR count). The number of rotatable bonds is 5. The Hall–Kier alpha value is -3.92. The highest BCUT2D eigenvalue weighted by atomic mass is 32.1. The van der Waals surface area contributed by atoms with Crippen LogP contribution in [0.15, 0.2) is 66.0 Å². The average Bonchev–Trinajstić information content (AvgIpc) is 3.23. The molecule has 0 bridgehead atoms. The second-order valence-corrected chi connectivity index (χ2v) is 6.64. The standard InChI is InChI=1S/C20H19N5O4S/c1-2-29-17(26)16-13-30-20(23-16)25(19(28)22-15-11-7-4-8-12-15)24-18(27)21-14-9-5-3-6-10-14/h3-13H,2H2,1H3,(H,22,28)(H2,21,24,27). The Labute approximate surface area is 176 Å². The van der Waals surface area contributed by atoms with Gasteiger partial charge < -0.3 is 15.4 Å². The third-order valence-corrected chi connectivity index (χ3v) is 4.47. The molecule has 1 aromatic heterocycles. The number of aromatic nitrogens is 1. The van der Waals surface area contributed by atoms with Crippen LogP contribution in [0.4, 0.5) is 26.1 Å². The summed E-state index contributed by atoms with van der Waals surface area (Å²) in [6.45, 7) is 1.88. The number of carbonyl (C=O) groups excluding carboxylic acids is 3. The summed E-state index contributed by atoms with van der Waals surface area (Å²) in [7, 11) is 0. The number of carbonyl (C=O) groups is 3. The van der Waals surface area contributed by atoms with Gasteiger partial charge in [0, 0.05) is 16.8 Å². The lowest BCUT2D eigenvalue weighted by Gasteiger charge is -2.21. The molecule has 0 aliphatic heterocycles. The van der Waals surface area contributed by atoms with Crippen LogP contribution in [0.2, 0.25) is 0 Å². The first-order chi connectivity index (χ1) is 14.6. The molecule has 0 aliphatic rings. The number of ether oxygens (including phenoxy) is 1. The van der Waals surface area contributed by atoms with Crippen molar-refractivity contribution >= 4 is 45.9 Å². The molecule has 154 valence electrons. The van der Waals surface area contributed by atoms with Crippen LogP contribution in [0.5, 0.6) is 0 Å². The monoisotopic (exact) mass is 425 g/mol. The Morgan fingerprint density at radius 1 is 0.967 bits per heavy atom. The van der Waals surface area contributed by atoms with Crippen molar-refractivity contribution in [2.45, 2.75) is 6.92 Å². The minimum absolute atomic E-state index is 0.0413. The number of urea groups is 2. The van der Waals surface area contributed by atoms with Crippen molar-refractivity contribution in [1.82, 2.24) is 10.4 Å². The van der Waals surface area contributed by atoms with Gasteiger partial charge in [-0.05, 0) is 31.2 Å². The zero-order valence-corrected chi connectivity index (χ0v) is 16.8. The zero-order chi connectivity index (χ0) is 21.3. The first-order valence-corrected chi connectivity index (χ1v) is 9.86. The number of nitrogens with one attached hydrogen (secondary N) is 3. The Kier molecular flexibility index (Phi) is 6.95. The van der Waals surface area contributed by atoms with Crippen LogP contribution < -0.4 is 21.1 Å². The first kappa shape index (κ1) is 20.8. The van der Waals surface area contributed by atoms with E-state index in [1.54, 1.807) is 55.5 Å². The first-order valence-electron chi connectivity index (χ1n) is 8.98. The van der Waals surface area contributed by atoms with E-state index in [-0.39, 0.29) is 17.4 Å². The number of anilines is 3. The molecule has 2 aromatic carbocycles. The van der Waals surface area contributed by atoms with E-state index in [2.05, 4.69) is 21.0 Å². The maximum atomic E-state index is 12.8. The molecule has 0 saturated carbocycles. The Morgan fingerprint density at radius 3 is 2.17 bits per heavy atom. The van der Waals surface area contributed by atoms with Gasteiger partial charge in [-0.25, -0.2) is 24.8 Å². The molecular weight excluding hydrogens is 406 g/mol. The summed E-state index contributed by atoms with van der Waals surface area (Å²) in [5.41, 5.74) is 3.57. The Balaban J connectivity index is 1.80. The Bertz CT molecular complexity index is 1010. The van der Waals surface area contributed by atoms with Gasteiger partial charge in [0.15, 0.2) is 5.69 Å². The number of nitrogens with zero attached hydrogens (tertiary/aromatic N) is 2. The van der Waals surface area contributed by atoms with Crippen molar-refractivity contribution in [2.24, 2.45) is 0 Å². The summed E-state index contributed by atoms with van der Waals surface area (Å²) >= 11 is 1.01. The van der Waals surface area contributed by atoms with Crippen LogP contribution in [0, 0.1) is 0 Å². The number of esters is 1. The van der Waals surface area contributed by atoms with Crippen LogP contribution in [0.3, 0.4) is 0 Å². The van der Waals surface area contributed by atoms with E-state index in [9.17, 15) is 14.4 Å². The largest absolute Gasteiger partial charge is 0.461 e. The SMILES string of the molecule is CCOC(=O)c1csc(N(NC(=O)Nc2ccccc2)C(=O)Nc2ccccc2)n1. The van der Waals surface area contributed by atoms with Crippen LogP contribution in [0.1, 0.15) is 17.4 Å². The second-order valence-electron chi connectivity index (χ2n) is 5.80. The number of benzene rings is 2. The minimum atomic E-state index is -0.658. The predicted molar refractivity (Wildman–Crippen MR) is 115 cm³/mol. The van der Waals surface area contributed by atoms with E-state index in [1.807, 2.05) is 12.1 Å². The quantitative estimate of drug-likeness (QED) is 0.421. The van der Waals surface area contributed by atoms with Crippen LogP contribution in [-0.4, -0.2) is 29.6 Å². The lowest BCUT2D eigenvalue weighted by molar-refractivity contribution is 0.0520. The summed E-state index contributed by atoms with van der Waals surface area (Å²) in [6.07, 6.45) is 0. The molecule has 0 unspecified atom stereocenters. The molecule has 0 spiro atoms. The van der Waals surface area contributed by atoms with Crippen molar-refractivity contribution in [3.8, 4) is 0 Å². The number of thiazole rings is 1. The second kappa shape index (κ2) is 10.0. The molecule has 0 fully saturated rings. The minimum Gasteiger partial charge on any atom is -0.461 e.